The second kappa shape index (κ2) is 8.62. The number of thiol groups is 1. The van der Waals surface area contributed by atoms with Crippen LogP contribution in [0, 0.1) is 5.41 Å². The molecule has 29 heavy (non-hydrogen) atoms. The Morgan fingerprint density at radius 2 is 1.76 bits per heavy atom. The number of hydrogen-bond donors (Lipinski definition) is 2. The molecule has 1 aromatic carbocycles. The van der Waals surface area contributed by atoms with Crippen LogP contribution in [0.1, 0.15) is 68.6 Å². The van der Waals surface area contributed by atoms with Gasteiger partial charge in [-0.25, -0.2) is 13.6 Å². The number of likely N-dealkylation sites (tertiary alicyclic amines) is 1. The molecule has 1 saturated heterocycles. The molecule has 1 saturated carbocycles. The molecule has 2 atom stereocenters. The third-order valence-electron chi connectivity index (χ3n) is 6.01. The van der Waals surface area contributed by atoms with Crippen LogP contribution in [0.15, 0.2) is 34.9 Å². The molecule has 0 bridgehead atoms. The normalized spacial score (nSPS) is 23.4. The summed E-state index contributed by atoms with van der Waals surface area (Å²) in [5.41, 5.74) is 1.48. The number of aromatic nitrogens is 2. The Balaban J connectivity index is 0.000000552. The molecule has 0 unspecified atom stereocenters. The number of carbonyl (C=O) groups is 1. The highest BCUT2D eigenvalue weighted by Gasteiger charge is 2.62. The van der Waals surface area contributed by atoms with Gasteiger partial charge in [0.25, 0.3) is 0 Å². The molecule has 1 amide bonds. The van der Waals surface area contributed by atoms with Gasteiger partial charge in [-0.2, -0.15) is 4.98 Å². The number of carbonyl (C=O) groups excluding carboxylic acids is 1. The van der Waals surface area contributed by atoms with Crippen LogP contribution in [0.3, 0.4) is 0 Å². The van der Waals surface area contributed by atoms with Crippen molar-refractivity contribution >= 4 is 16.8 Å². The van der Waals surface area contributed by atoms with Crippen LogP contribution in [-0.2, 0) is 15.7 Å². The molecule has 1 aliphatic heterocycles. The standard InChI is InChI=1S/C20H25N3O2.H3NO2S/c1-13(24)23-11-9-15(10-12-23)18-21-19(25-22-18)17-16(20(17,2)3)14-7-5-4-6-8-14;1-4(2)3/h4-8,15-17H,9-12H2,1-3H3;4H,(H2,1,2,3)/t16-,17+;/m1./s1. The van der Waals surface area contributed by atoms with Crippen molar-refractivity contribution in [3.63, 3.8) is 0 Å². The van der Waals surface area contributed by atoms with E-state index in [-0.39, 0.29) is 17.2 Å². The Bertz CT molecular complexity index is 910. The Labute approximate surface area is 172 Å². The summed E-state index contributed by atoms with van der Waals surface area (Å²) in [6, 6.07) is 10.6. The van der Waals surface area contributed by atoms with E-state index in [1.165, 1.54) is 5.56 Å². The molecular formula is C20H28N4O4S. The van der Waals surface area contributed by atoms with Gasteiger partial charge in [-0.1, -0.05) is 49.3 Å². The van der Waals surface area contributed by atoms with Crippen LogP contribution < -0.4 is 5.14 Å². The molecule has 1 aliphatic carbocycles. The summed E-state index contributed by atoms with van der Waals surface area (Å²) < 4.78 is 23.3. The van der Waals surface area contributed by atoms with E-state index in [0.717, 1.165) is 37.6 Å². The lowest BCUT2D eigenvalue weighted by atomic mass is 9.96. The number of benzene rings is 1. The highest BCUT2D eigenvalue weighted by Crippen LogP contribution is 2.69. The fraction of sp³-hybridized carbons (Fsp3) is 0.550. The third kappa shape index (κ3) is 4.84. The maximum atomic E-state index is 11.5. The topological polar surface area (TPSA) is 119 Å². The number of nitrogens with zero attached hydrogens (tertiary/aromatic N) is 3. The molecule has 2 heterocycles. The summed E-state index contributed by atoms with van der Waals surface area (Å²) in [6.07, 6.45) is 1.82. The van der Waals surface area contributed by atoms with Crippen LogP contribution in [0.25, 0.3) is 0 Å². The van der Waals surface area contributed by atoms with Crippen molar-refractivity contribution in [2.75, 3.05) is 13.1 Å². The fourth-order valence-electron chi connectivity index (χ4n) is 4.37. The van der Waals surface area contributed by atoms with Gasteiger partial charge >= 0.3 is 0 Å². The number of amides is 1. The van der Waals surface area contributed by atoms with E-state index < -0.39 is 10.9 Å². The van der Waals surface area contributed by atoms with Gasteiger partial charge in [0.05, 0.1) is 5.92 Å². The Morgan fingerprint density at radius 3 is 2.31 bits per heavy atom. The molecule has 4 rings (SSSR count). The first-order valence-electron chi connectivity index (χ1n) is 9.74. The number of nitrogens with two attached hydrogens (primary N) is 1. The summed E-state index contributed by atoms with van der Waals surface area (Å²) in [5, 5.41) is 8.34. The lowest BCUT2D eigenvalue weighted by Gasteiger charge is -2.29. The van der Waals surface area contributed by atoms with Gasteiger partial charge in [-0.15, -0.1) is 0 Å². The van der Waals surface area contributed by atoms with Crippen LogP contribution in [-0.4, -0.2) is 42.5 Å². The molecule has 2 N–H and O–H groups in total. The minimum Gasteiger partial charge on any atom is -0.343 e. The van der Waals surface area contributed by atoms with Gasteiger partial charge < -0.3 is 9.42 Å². The maximum Gasteiger partial charge on any atom is 0.230 e. The maximum absolute atomic E-state index is 11.5. The Hall–Kier alpha value is -2.26. The molecule has 9 heteroatoms. The second-order valence-electron chi connectivity index (χ2n) is 8.24. The van der Waals surface area contributed by atoms with Crippen molar-refractivity contribution in [1.29, 1.82) is 0 Å². The average molecular weight is 421 g/mol. The first kappa shape index (κ1) is 21.4. The fourth-order valence-corrected chi connectivity index (χ4v) is 4.37. The van der Waals surface area contributed by atoms with Crippen molar-refractivity contribution < 1.29 is 17.7 Å². The molecule has 0 radical (unpaired) electrons. The van der Waals surface area contributed by atoms with Crippen molar-refractivity contribution in [3.8, 4) is 0 Å². The molecular weight excluding hydrogens is 392 g/mol. The molecule has 2 aliphatic rings. The largest absolute Gasteiger partial charge is 0.343 e. The zero-order chi connectivity index (χ0) is 21.2. The molecule has 8 nitrogen and oxygen atoms in total. The summed E-state index contributed by atoms with van der Waals surface area (Å²) in [4.78, 5) is 18.1. The highest BCUT2D eigenvalue weighted by atomic mass is 32.2. The monoisotopic (exact) mass is 420 g/mol. The van der Waals surface area contributed by atoms with Gasteiger partial charge in [0.1, 0.15) is 0 Å². The molecule has 158 valence electrons. The second-order valence-corrected chi connectivity index (χ2v) is 8.81. The zero-order valence-corrected chi connectivity index (χ0v) is 17.8. The smallest absolute Gasteiger partial charge is 0.230 e. The van der Waals surface area contributed by atoms with Crippen molar-refractivity contribution in [3.05, 3.63) is 47.6 Å². The van der Waals surface area contributed by atoms with Gasteiger partial charge in [-0.05, 0) is 23.8 Å². The highest BCUT2D eigenvalue weighted by molar-refractivity contribution is 7.69. The summed E-state index contributed by atoms with van der Waals surface area (Å²) in [6.45, 7) is 7.73. The van der Waals surface area contributed by atoms with E-state index in [1.807, 2.05) is 11.0 Å². The predicted octanol–water partition coefficient (Wildman–Crippen LogP) is 2.17. The third-order valence-corrected chi connectivity index (χ3v) is 6.01. The molecule has 0 spiro atoms. The minimum absolute atomic E-state index is 0.142. The molecule has 2 fully saturated rings. The summed E-state index contributed by atoms with van der Waals surface area (Å²) >= 11 is 0. The van der Waals surface area contributed by atoms with E-state index in [1.54, 1.807) is 6.92 Å². The zero-order valence-electron chi connectivity index (χ0n) is 16.9. The van der Waals surface area contributed by atoms with E-state index in [0.29, 0.717) is 11.8 Å². The number of rotatable bonds is 3. The van der Waals surface area contributed by atoms with Crippen molar-refractivity contribution in [1.82, 2.24) is 15.0 Å². The van der Waals surface area contributed by atoms with Gasteiger partial charge in [0.15, 0.2) is 16.7 Å². The lowest BCUT2D eigenvalue weighted by molar-refractivity contribution is -0.129. The van der Waals surface area contributed by atoms with Crippen LogP contribution >= 0.6 is 0 Å². The average Bonchev–Trinajstić information content (AvgIpc) is 3.02. The Morgan fingerprint density at radius 1 is 1.17 bits per heavy atom. The van der Waals surface area contributed by atoms with E-state index in [9.17, 15) is 4.79 Å². The van der Waals surface area contributed by atoms with Gasteiger partial charge in [-0.3, -0.25) is 4.79 Å². The van der Waals surface area contributed by atoms with Crippen molar-refractivity contribution in [2.45, 2.75) is 51.4 Å². The summed E-state index contributed by atoms with van der Waals surface area (Å²) in [5.74, 6) is 2.74. The van der Waals surface area contributed by atoms with Crippen molar-refractivity contribution in [2.24, 2.45) is 10.6 Å². The SMILES string of the molecule is CC(=O)N1CCC(c2noc([C@@H]3[C@@H](c4ccccc4)C3(C)C)n2)CC1.N[SH](=O)=O. The van der Waals surface area contributed by atoms with E-state index >= 15 is 0 Å². The summed E-state index contributed by atoms with van der Waals surface area (Å²) in [7, 11) is -2.62. The van der Waals surface area contributed by atoms with Crippen LogP contribution in [0.2, 0.25) is 0 Å². The van der Waals surface area contributed by atoms with Crippen LogP contribution in [0.5, 0.6) is 0 Å². The first-order valence-corrected chi connectivity index (χ1v) is 11.0. The predicted molar refractivity (Wildman–Crippen MR) is 109 cm³/mol. The Kier molecular flexibility index (Phi) is 6.38. The lowest BCUT2D eigenvalue weighted by Crippen LogP contribution is -2.36. The van der Waals surface area contributed by atoms with E-state index in [2.05, 4.69) is 48.4 Å². The van der Waals surface area contributed by atoms with Crippen LogP contribution in [0.4, 0.5) is 0 Å². The number of piperidine rings is 1. The first-order chi connectivity index (χ1) is 13.7. The minimum atomic E-state index is -2.62. The molecule has 1 aromatic heterocycles. The van der Waals surface area contributed by atoms with Gasteiger partial charge in [0.2, 0.25) is 11.8 Å². The van der Waals surface area contributed by atoms with E-state index in [4.69, 9.17) is 17.9 Å². The number of hydrogen-bond acceptors (Lipinski definition) is 6. The quantitative estimate of drug-likeness (QED) is 0.735. The molecule has 2 aromatic rings. The van der Waals surface area contributed by atoms with Gasteiger partial charge in [0, 0.05) is 31.8 Å².